The molecule has 0 heterocycles. The Labute approximate surface area is 44.0 Å². The van der Waals surface area contributed by atoms with E-state index in [9.17, 15) is 0 Å². The second kappa shape index (κ2) is 3.56. The molecule has 0 amide bonds. The molecule has 0 aromatic carbocycles. The Kier molecular flexibility index (Phi) is 3.78. The minimum Gasteiger partial charge on any atom is -0.326 e. The van der Waals surface area contributed by atoms with Crippen LogP contribution in [0.2, 0.25) is 0 Å². The van der Waals surface area contributed by atoms with E-state index in [2.05, 4.69) is 0 Å². The largest absolute Gasteiger partial charge is 0.326 e. The minimum absolute atomic E-state index is 0.236. The minimum atomic E-state index is 0.236. The molecule has 0 aliphatic rings. The third kappa shape index (κ3) is 4.37. The molecule has 0 N–H and O–H groups in total. The molecule has 6 heavy (non-hydrogen) atoms. The summed E-state index contributed by atoms with van der Waals surface area (Å²) in [5, 5.41) is 0. The zero-order chi connectivity index (χ0) is 4.99. The van der Waals surface area contributed by atoms with Crippen molar-refractivity contribution in [3.05, 3.63) is 0 Å². The summed E-state index contributed by atoms with van der Waals surface area (Å²) in [5.74, 6) is 0. The predicted molar refractivity (Wildman–Crippen MR) is 29.6 cm³/mol. The Balaban J connectivity index is 2.63. The molecule has 0 aromatic rings. The van der Waals surface area contributed by atoms with E-state index in [-0.39, 0.29) is 6.10 Å². The Morgan fingerprint density at radius 3 is 2.17 bits per heavy atom. The van der Waals surface area contributed by atoms with Crippen LogP contribution < -0.4 is 0 Å². The van der Waals surface area contributed by atoms with Gasteiger partial charge in [-0.2, -0.15) is 0 Å². The van der Waals surface area contributed by atoms with Crippen molar-refractivity contribution in [3.8, 4) is 0 Å². The summed E-state index contributed by atoms with van der Waals surface area (Å²) < 4.78 is 4.74. The average Bonchev–Trinajstić information content (AvgIpc) is 1.35. The molecule has 0 spiro atoms. The molecular weight excluding hydrogens is 94.9 g/mol. The highest BCUT2D eigenvalue weighted by atomic mass is 32.2. The third-order valence-electron chi connectivity index (χ3n) is 0.248. The van der Waals surface area contributed by atoms with Crippen molar-refractivity contribution in [2.24, 2.45) is 0 Å². The maximum absolute atomic E-state index is 4.92. The van der Waals surface area contributed by atoms with E-state index >= 15 is 0 Å². The monoisotopic (exact) mass is 102 g/mol. The highest BCUT2D eigenvalue weighted by molar-refractivity contribution is 8.15. The van der Waals surface area contributed by atoms with Crippen LogP contribution in [-0.2, 0) is 4.18 Å². The van der Waals surface area contributed by atoms with E-state index in [4.69, 9.17) is 11.3 Å². The molecule has 0 saturated heterocycles. The van der Waals surface area contributed by atoms with Gasteiger partial charge in [-0.15, -0.1) is 0 Å². The fraction of sp³-hybridized carbons (Fsp3) is 1.00. The van der Waals surface area contributed by atoms with Gasteiger partial charge in [-0.3, -0.25) is 0 Å². The van der Waals surface area contributed by atoms with E-state index in [0.717, 1.165) is 11.9 Å². The molecule has 0 unspecified atom stereocenters. The van der Waals surface area contributed by atoms with Gasteiger partial charge in [-0.05, 0) is 13.8 Å². The van der Waals surface area contributed by atoms with E-state index < -0.39 is 0 Å². The van der Waals surface area contributed by atoms with Crippen molar-refractivity contribution in [2.45, 2.75) is 20.0 Å². The summed E-state index contributed by atoms with van der Waals surface area (Å²) in [6, 6.07) is 0. The van der Waals surface area contributed by atoms with Crippen LogP contribution in [0.25, 0.3) is 0 Å². The van der Waals surface area contributed by atoms with Gasteiger partial charge in [0, 0.05) is 0 Å². The highest BCUT2D eigenvalue weighted by Crippen LogP contribution is 1.97. The molecule has 0 aromatic heterocycles. The first-order valence-electron chi connectivity index (χ1n) is 1.79. The summed E-state index contributed by atoms with van der Waals surface area (Å²) in [7, 11) is 4.92. The molecular formula is C3H7BOS. The van der Waals surface area contributed by atoms with Crippen LogP contribution in [0, 0.1) is 0 Å². The molecule has 0 bridgehead atoms. The normalized spacial score (nSPS) is 9.83. The first kappa shape index (κ1) is 6.37. The van der Waals surface area contributed by atoms with Gasteiger partial charge >= 0.3 is 0 Å². The van der Waals surface area contributed by atoms with E-state index in [1.54, 1.807) is 0 Å². The molecule has 1 nitrogen and oxygen atoms in total. The van der Waals surface area contributed by atoms with Crippen LogP contribution >= 0.6 is 11.9 Å². The average molecular weight is 102 g/mol. The zero-order valence-electron chi connectivity index (χ0n) is 3.97. The SMILES string of the molecule is [B]SOC(C)C. The lowest BCUT2D eigenvalue weighted by Gasteiger charge is -1.99. The Morgan fingerprint density at radius 1 is 1.67 bits per heavy atom. The van der Waals surface area contributed by atoms with Crippen molar-refractivity contribution in [2.75, 3.05) is 0 Å². The maximum Gasteiger partial charge on any atom is 0.203 e. The smallest absolute Gasteiger partial charge is 0.203 e. The maximum atomic E-state index is 4.92. The highest BCUT2D eigenvalue weighted by Gasteiger charge is 1.84. The molecule has 0 rings (SSSR count). The molecule has 0 aliphatic heterocycles. The summed E-state index contributed by atoms with van der Waals surface area (Å²) in [6.45, 7) is 3.86. The van der Waals surface area contributed by atoms with E-state index in [1.807, 2.05) is 13.8 Å². The number of hydrogen-bond donors (Lipinski definition) is 0. The van der Waals surface area contributed by atoms with Crippen LogP contribution in [0.1, 0.15) is 13.8 Å². The first-order chi connectivity index (χ1) is 2.77. The van der Waals surface area contributed by atoms with Crippen LogP contribution in [0.4, 0.5) is 0 Å². The molecule has 2 radical (unpaired) electrons. The lowest BCUT2D eigenvalue weighted by atomic mass is 10.5. The quantitative estimate of drug-likeness (QED) is 0.382. The van der Waals surface area contributed by atoms with Gasteiger partial charge in [-0.1, -0.05) is 11.9 Å². The molecule has 0 aliphatic carbocycles. The Morgan fingerprint density at radius 2 is 2.17 bits per heavy atom. The molecule has 34 valence electrons. The molecule has 0 atom stereocenters. The summed E-state index contributed by atoms with van der Waals surface area (Å²) in [4.78, 5) is 0. The molecule has 3 heteroatoms. The van der Waals surface area contributed by atoms with Crippen LogP contribution in [0.5, 0.6) is 0 Å². The topological polar surface area (TPSA) is 9.23 Å². The van der Waals surface area contributed by atoms with Crippen molar-refractivity contribution < 1.29 is 4.18 Å². The van der Waals surface area contributed by atoms with Crippen LogP contribution in [0.15, 0.2) is 0 Å². The van der Waals surface area contributed by atoms with Crippen molar-refractivity contribution in [3.63, 3.8) is 0 Å². The summed E-state index contributed by atoms with van der Waals surface area (Å²) in [6.07, 6.45) is 0.236. The van der Waals surface area contributed by atoms with Gasteiger partial charge in [0.1, 0.15) is 0 Å². The van der Waals surface area contributed by atoms with Crippen molar-refractivity contribution >= 4 is 19.0 Å². The van der Waals surface area contributed by atoms with Gasteiger partial charge in [-0.25, -0.2) is 0 Å². The fourth-order valence-electron chi connectivity index (χ4n) is 0.111. The Bertz CT molecular complexity index is 32.0. The van der Waals surface area contributed by atoms with Gasteiger partial charge < -0.3 is 4.18 Å². The molecule has 0 saturated carbocycles. The zero-order valence-corrected chi connectivity index (χ0v) is 4.79. The van der Waals surface area contributed by atoms with Gasteiger partial charge in [0.05, 0.1) is 6.10 Å². The predicted octanol–water partition coefficient (Wildman–Crippen LogP) is 1.14. The Hall–Kier alpha value is 0.375. The standard InChI is InChI=1S/C3H7BOS/c1-3(2)5-6-4/h3H,1-2H3. The van der Waals surface area contributed by atoms with E-state index in [1.165, 1.54) is 0 Å². The second-order valence-electron chi connectivity index (χ2n) is 1.24. The summed E-state index contributed by atoms with van der Waals surface area (Å²) in [5.41, 5.74) is 0. The summed E-state index contributed by atoms with van der Waals surface area (Å²) >= 11 is 0.910. The third-order valence-corrected chi connectivity index (χ3v) is 0.744. The van der Waals surface area contributed by atoms with Gasteiger partial charge in [0.2, 0.25) is 7.12 Å². The van der Waals surface area contributed by atoms with Gasteiger partial charge in [0.15, 0.2) is 0 Å². The second-order valence-corrected chi connectivity index (χ2v) is 1.63. The first-order valence-corrected chi connectivity index (χ1v) is 2.60. The molecule has 0 fully saturated rings. The van der Waals surface area contributed by atoms with Crippen LogP contribution in [0.3, 0.4) is 0 Å². The lowest BCUT2D eigenvalue weighted by molar-refractivity contribution is 0.293. The number of rotatable bonds is 2. The van der Waals surface area contributed by atoms with Crippen LogP contribution in [-0.4, -0.2) is 13.2 Å². The lowest BCUT2D eigenvalue weighted by Crippen LogP contribution is -1.92. The fourth-order valence-corrected chi connectivity index (χ4v) is 0.333. The van der Waals surface area contributed by atoms with Gasteiger partial charge in [0.25, 0.3) is 0 Å². The van der Waals surface area contributed by atoms with E-state index in [0.29, 0.717) is 0 Å². The number of hydrogen-bond acceptors (Lipinski definition) is 2. The van der Waals surface area contributed by atoms with Crippen molar-refractivity contribution in [1.29, 1.82) is 0 Å². The van der Waals surface area contributed by atoms with Crippen molar-refractivity contribution in [1.82, 2.24) is 0 Å².